The first-order valence-corrected chi connectivity index (χ1v) is 10.1. The van der Waals surface area contributed by atoms with Gasteiger partial charge >= 0.3 is 0 Å². The summed E-state index contributed by atoms with van der Waals surface area (Å²) in [5.74, 6) is -3.87. The van der Waals surface area contributed by atoms with Crippen LogP contribution >= 0.6 is 0 Å². The summed E-state index contributed by atoms with van der Waals surface area (Å²) >= 11 is 0. The summed E-state index contributed by atoms with van der Waals surface area (Å²) in [6.07, 6.45) is -0.324. The first-order chi connectivity index (χ1) is 21.7. The number of benzene rings is 2. The molecule has 0 aliphatic carbocycles. The fourth-order valence-corrected chi connectivity index (χ4v) is 3.60. The summed E-state index contributed by atoms with van der Waals surface area (Å²) in [5.41, 5.74) is -2.57. The molecule has 2 aromatic carbocycles. The number of carbonyl (C=O) groups excluding carboxylic acids is 3. The van der Waals surface area contributed by atoms with Crippen LogP contribution < -0.4 is 10.6 Å². The number of carbonyl (C=O) groups is 3. The standard InChI is InChI=1S/C25H27FN4O4/c26-20-12-16(14-29-8-10-34-11-9-29)4-5-17(20)13-27-21-3-1-2-18-19(21)15-30(25(18)33)22-6-7-23(31)28-24(22)32/h1-5,12,22,27H,6-11,13-15H2,(H,28,31,32)/t22-/m0/s1/i8D2,9D2,10D2,11D2,13D2,14D2,15D2. The van der Waals surface area contributed by atoms with Crippen LogP contribution in [-0.4, -0.2) is 59.7 Å². The zero-order chi connectivity index (χ0) is 36.2. The monoisotopic (exact) mass is 480 g/mol. The first-order valence-electron chi connectivity index (χ1n) is 17.1. The minimum Gasteiger partial charge on any atom is -0.381 e. The molecule has 2 fully saturated rings. The number of rotatable bonds is 6. The topological polar surface area (TPSA) is 91.0 Å². The molecule has 2 aromatic rings. The maximum atomic E-state index is 15.7. The predicted octanol–water partition coefficient (Wildman–Crippen LogP) is 2.03. The molecule has 0 spiro atoms. The van der Waals surface area contributed by atoms with E-state index in [4.69, 9.17) is 19.2 Å². The lowest BCUT2D eigenvalue weighted by atomic mass is 10.0. The SMILES string of the molecule is [2H]C([2H])(Nc1cccc2c1C([2H])([2H])N([C@H]1CCC(=O)NC1=O)C2=O)c1ccc(C([2H])([2H])N2C([2H])([2H])C([2H])([2H])OC([2H])([2H])C2([2H])[2H])cc1F. The molecule has 178 valence electrons. The molecule has 0 bridgehead atoms. The number of amides is 3. The molecule has 1 atom stereocenters. The van der Waals surface area contributed by atoms with E-state index in [1.54, 1.807) is 0 Å². The number of nitrogens with zero attached hydrogens (tertiary/aromatic N) is 2. The first kappa shape index (κ1) is 11.4. The van der Waals surface area contributed by atoms with Gasteiger partial charge in [-0.05, 0) is 30.2 Å². The zero-order valence-electron chi connectivity index (χ0n) is 31.4. The molecule has 3 aliphatic rings. The molecule has 8 nitrogen and oxygen atoms in total. The number of hydrogen-bond acceptors (Lipinski definition) is 6. The maximum Gasteiger partial charge on any atom is 0.255 e. The van der Waals surface area contributed by atoms with Crippen molar-refractivity contribution in [2.45, 2.75) is 38.4 Å². The van der Waals surface area contributed by atoms with Crippen LogP contribution in [0.3, 0.4) is 0 Å². The second-order valence-electron chi connectivity index (χ2n) is 7.40. The third kappa shape index (κ3) is 4.53. The number of nitrogens with one attached hydrogen (secondary N) is 2. The summed E-state index contributed by atoms with van der Waals surface area (Å²) in [5, 5.41) is 4.40. The molecule has 3 heterocycles. The molecule has 0 aromatic heterocycles. The van der Waals surface area contributed by atoms with E-state index in [0.717, 1.165) is 12.1 Å². The van der Waals surface area contributed by atoms with Crippen molar-refractivity contribution in [1.82, 2.24) is 15.1 Å². The quantitative estimate of drug-likeness (QED) is 0.615. The van der Waals surface area contributed by atoms with Gasteiger partial charge in [0, 0.05) is 69.5 Å². The van der Waals surface area contributed by atoms with Gasteiger partial charge < -0.3 is 15.0 Å². The molecule has 5 rings (SSSR count). The van der Waals surface area contributed by atoms with E-state index < -0.39 is 91.2 Å². The Balaban J connectivity index is 1.50. The van der Waals surface area contributed by atoms with Crippen molar-refractivity contribution in [3.8, 4) is 0 Å². The Morgan fingerprint density at radius 3 is 2.79 bits per heavy atom. The zero-order valence-corrected chi connectivity index (χ0v) is 17.4. The number of hydrogen-bond donors (Lipinski definition) is 2. The largest absolute Gasteiger partial charge is 0.381 e. The Hall–Kier alpha value is -3.30. The van der Waals surface area contributed by atoms with Gasteiger partial charge in [0.15, 0.2) is 0 Å². The fourth-order valence-electron chi connectivity index (χ4n) is 3.60. The summed E-state index contributed by atoms with van der Waals surface area (Å²) in [6.45, 7) is -23.6. The van der Waals surface area contributed by atoms with Gasteiger partial charge in [0.1, 0.15) is 11.9 Å². The van der Waals surface area contributed by atoms with Crippen LogP contribution in [0.5, 0.6) is 0 Å². The van der Waals surface area contributed by atoms with Crippen molar-refractivity contribution in [1.29, 1.82) is 0 Å². The summed E-state index contributed by atoms with van der Waals surface area (Å²) in [4.78, 5) is 37.7. The minimum absolute atomic E-state index is 0.158. The highest BCUT2D eigenvalue weighted by atomic mass is 19.1. The minimum atomic E-state index is -3.66. The summed E-state index contributed by atoms with van der Waals surface area (Å²) in [6, 6.07) is 4.24. The molecule has 34 heavy (non-hydrogen) atoms. The summed E-state index contributed by atoms with van der Waals surface area (Å²) < 4.78 is 136. The Morgan fingerprint density at radius 1 is 1.21 bits per heavy atom. The van der Waals surface area contributed by atoms with E-state index in [1.807, 2.05) is 0 Å². The van der Waals surface area contributed by atoms with Gasteiger partial charge in [0.2, 0.25) is 11.8 Å². The number of morpholine rings is 1. The molecular weight excluding hydrogens is 439 g/mol. The van der Waals surface area contributed by atoms with Crippen molar-refractivity contribution in [2.75, 3.05) is 31.4 Å². The molecule has 0 unspecified atom stereocenters. The highest BCUT2D eigenvalue weighted by Crippen LogP contribution is 2.32. The van der Waals surface area contributed by atoms with Gasteiger partial charge in [-0.15, -0.1) is 0 Å². The van der Waals surface area contributed by atoms with Gasteiger partial charge in [-0.1, -0.05) is 18.2 Å². The fraction of sp³-hybridized carbons (Fsp3) is 0.400. The molecule has 2 saturated heterocycles. The van der Waals surface area contributed by atoms with Gasteiger partial charge in [-0.3, -0.25) is 24.6 Å². The lowest BCUT2D eigenvalue weighted by Gasteiger charge is -2.29. The molecule has 2 N–H and O–H groups in total. The third-order valence-corrected chi connectivity index (χ3v) is 5.23. The highest BCUT2D eigenvalue weighted by Gasteiger charge is 2.39. The van der Waals surface area contributed by atoms with Crippen LogP contribution in [0.25, 0.3) is 0 Å². The Labute approximate surface area is 216 Å². The number of imide groups is 1. The van der Waals surface area contributed by atoms with E-state index in [9.17, 15) is 14.4 Å². The Kier molecular flexibility index (Phi) is 3.20. The second-order valence-corrected chi connectivity index (χ2v) is 7.40. The number of ether oxygens (including phenoxy) is 1. The van der Waals surface area contributed by atoms with Gasteiger partial charge in [-0.2, -0.15) is 0 Å². The van der Waals surface area contributed by atoms with Crippen LogP contribution in [0.2, 0.25) is 0 Å². The van der Waals surface area contributed by atoms with Gasteiger partial charge in [0.05, 0.1) is 24.1 Å². The average Bonchev–Trinajstić information content (AvgIpc) is 3.12. The van der Waals surface area contributed by atoms with E-state index in [-0.39, 0.29) is 29.7 Å². The van der Waals surface area contributed by atoms with Crippen molar-refractivity contribution in [2.24, 2.45) is 0 Å². The van der Waals surface area contributed by atoms with E-state index >= 15 is 4.39 Å². The second kappa shape index (κ2) is 9.52. The van der Waals surface area contributed by atoms with E-state index in [0.29, 0.717) is 11.0 Å². The molecule has 9 heteroatoms. The lowest BCUT2D eigenvalue weighted by Crippen LogP contribution is -2.52. The van der Waals surface area contributed by atoms with Crippen molar-refractivity contribution >= 4 is 23.4 Å². The number of halogens is 1. The highest BCUT2D eigenvalue weighted by molar-refractivity contribution is 6.06. The molecule has 3 aliphatic heterocycles. The normalized spacial score (nSPS) is 35.3. The molecule has 0 radical (unpaired) electrons. The summed E-state index contributed by atoms with van der Waals surface area (Å²) in [7, 11) is 0. The van der Waals surface area contributed by atoms with Crippen molar-refractivity contribution in [3.63, 3.8) is 0 Å². The van der Waals surface area contributed by atoms with E-state index in [2.05, 4.69) is 15.4 Å². The van der Waals surface area contributed by atoms with Crippen LogP contribution in [0.1, 0.15) is 59.1 Å². The average molecular weight is 481 g/mol. The third-order valence-electron chi connectivity index (χ3n) is 5.23. The smallest absolute Gasteiger partial charge is 0.255 e. The number of anilines is 1. The molecule has 3 amide bonds. The number of piperidine rings is 1. The van der Waals surface area contributed by atoms with Crippen LogP contribution in [0, 0.1) is 5.82 Å². The Morgan fingerprint density at radius 2 is 2.03 bits per heavy atom. The van der Waals surface area contributed by atoms with Crippen molar-refractivity contribution in [3.05, 3.63) is 64.5 Å². The van der Waals surface area contributed by atoms with Gasteiger partial charge in [0.25, 0.3) is 5.91 Å². The predicted molar refractivity (Wildman–Crippen MR) is 122 cm³/mol. The van der Waals surface area contributed by atoms with Crippen LogP contribution in [-0.2, 0) is 33.8 Å². The maximum absolute atomic E-state index is 15.7. The van der Waals surface area contributed by atoms with Crippen LogP contribution in [0.4, 0.5) is 10.1 Å². The number of fused-ring (bicyclic) bond motifs is 1. The van der Waals surface area contributed by atoms with Gasteiger partial charge in [-0.25, -0.2) is 4.39 Å². The van der Waals surface area contributed by atoms with Crippen molar-refractivity contribution < 1.29 is 42.7 Å². The van der Waals surface area contributed by atoms with Crippen LogP contribution in [0.15, 0.2) is 36.4 Å². The Bertz CT molecular complexity index is 1700. The van der Waals surface area contributed by atoms with E-state index in [1.165, 1.54) is 18.2 Å². The lowest BCUT2D eigenvalue weighted by molar-refractivity contribution is -0.136. The molecule has 0 saturated carbocycles. The molecular formula is C25H27FN4O4.